The first-order valence-corrected chi connectivity index (χ1v) is 7.35. The highest BCUT2D eigenvalue weighted by Crippen LogP contribution is 2.20. The lowest BCUT2D eigenvalue weighted by Crippen LogP contribution is -2.35. The summed E-state index contributed by atoms with van der Waals surface area (Å²) in [6, 6.07) is 4.70. The van der Waals surface area contributed by atoms with E-state index >= 15 is 0 Å². The Hall–Kier alpha value is -1.88. The lowest BCUT2D eigenvalue weighted by molar-refractivity contribution is -0.127. The molecule has 2 heterocycles. The molecule has 1 aliphatic heterocycles. The van der Waals surface area contributed by atoms with Crippen molar-refractivity contribution in [2.24, 2.45) is 5.92 Å². The first kappa shape index (κ1) is 14.1. The molecule has 0 bridgehead atoms. The molecule has 1 aromatic carbocycles. The summed E-state index contributed by atoms with van der Waals surface area (Å²) in [6.45, 7) is 1.90. The average molecular weight is 290 g/mol. The fourth-order valence-corrected chi connectivity index (χ4v) is 2.78. The van der Waals surface area contributed by atoms with Crippen LogP contribution in [0.25, 0.3) is 10.9 Å². The van der Waals surface area contributed by atoms with E-state index in [1.165, 1.54) is 12.1 Å². The van der Waals surface area contributed by atoms with Crippen LogP contribution in [-0.2, 0) is 16.0 Å². The molecule has 2 N–H and O–H groups in total. The van der Waals surface area contributed by atoms with Gasteiger partial charge >= 0.3 is 0 Å². The van der Waals surface area contributed by atoms with Gasteiger partial charge < -0.3 is 15.0 Å². The van der Waals surface area contributed by atoms with Crippen molar-refractivity contribution in [3.63, 3.8) is 0 Å². The molecule has 0 aliphatic carbocycles. The Morgan fingerprint density at radius 3 is 3.00 bits per heavy atom. The summed E-state index contributed by atoms with van der Waals surface area (Å²) in [4.78, 5) is 15.1. The van der Waals surface area contributed by atoms with Crippen molar-refractivity contribution in [1.82, 2.24) is 10.3 Å². The second-order valence-corrected chi connectivity index (χ2v) is 5.43. The van der Waals surface area contributed by atoms with Crippen molar-refractivity contribution < 1.29 is 13.9 Å². The third-order valence-electron chi connectivity index (χ3n) is 4.02. The number of nitrogens with one attached hydrogen (secondary N) is 2. The molecule has 0 spiro atoms. The lowest BCUT2D eigenvalue weighted by Gasteiger charge is -2.21. The maximum atomic E-state index is 13.3. The lowest BCUT2D eigenvalue weighted by atomic mass is 9.99. The third kappa shape index (κ3) is 3.24. The highest BCUT2D eigenvalue weighted by Gasteiger charge is 2.20. The van der Waals surface area contributed by atoms with E-state index in [0.29, 0.717) is 26.2 Å². The van der Waals surface area contributed by atoms with E-state index in [9.17, 15) is 9.18 Å². The first-order valence-electron chi connectivity index (χ1n) is 7.35. The molecule has 0 atom stereocenters. The van der Waals surface area contributed by atoms with E-state index in [2.05, 4.69) is 10.3 Å². The van der Waals surface area contributed by atoms with E-state index in [1.807, 2.05) is 6.20 Å². The largest absolute Gasteiger partial charge is 0.381 e. The van der Waals surface area contributed by atoms with Crippen LogP contribution >= 0.6 is 0 Å². The fourth-order valence-electron chi connectivity index (χ4n) is 2.78. The number of amides is 1. The number of aromatic nitrogens is 1. The van der Waals surface area contributed by atoms with Gasteiger partial charge in [0.25, 0.3) is 0 Å². The quantitative estimate of drug-likeness (QED) is 0.908. The van der Waals surface area contributed by atoms with Crippen molar-refractivity contribution >= 4 is 16.8 Å². The topological polar surface area (TPSA) is 54.1 Å². The Balaban J connectivity index is 1.56. The maximum Gasteiger partial charge on any atom is 0.223 e. The molecule has 1 aromatic heterocycles. The van der Waals surface area contributed by atoms with E-state index in [4.69, 9.17) is 4.74 Å². The van der Waals surface area contributed by atoms with Gasteiger partial charge in [0.2, 0.25) is 5.91 Å². The van der Waals surface area contributed by atoms with Crippen LogP contribution in [0.15, 0.2) is 24.4 Å². The number of hydrogen-bond acceptors (Lipinski definition) is 2. The molecule has 112 valence electrons. The Morgan fingerprint density at radius 1 is 1.38 bits per heavy atom. The van der Waals surface area contributed by atoms with Crippen LogP contribution in [0.3, 0.4) is 0 Å². The van der Waals surface area contributed by atoms with E-state index in [-0.39, 0.29) is 17.6 Å². The van der Waals surface area contributed by atoms with Crippen molar-refractivity contribution in [2.45, 2.75) is 19.3 Å². The molecule has 0 radical (unpaired) electrons. The SMILES string of the molecule is O=C(NCCc1c[nH]c2ccc(F)cc12)C1CCOCC1. The van der Waals surface area contributed by atoms with Crippen LogP contribution in [-0.4, -0.2) is 30.6 Å². The Labute approximate surface area is 122 Å². The van der Waals surface area contributed by atoms with Crippen LogP contribution in [0, 0.1) is 11.7 Å². The monoisotopic (exact) mass is 290 g/mol. The summed E-state index contributed by atoms with van der Waals surface area (Å²) in [7, 11) is 0. The highest BCUT2D eigenvalue weighted by atomic mass is 19.1. The van der Waals surface area contributed by atoms with Crippen molar-refractivity contribution in [3.05, 3.63) is 35.8 Å². The Morgan fingerprint density at radius 2 is 2.19 bits per heavy atom. The number of fused-ring (bicyclic) bond motifs is 1. The van der Waals surface area contributed by atoms with Crippen LogP contribution < -0.4 is 5.32 Å². The zero-order valence-corrected chi connectivity index (χ0v) is 11.8. The normalized spacial score (nSPS) is 16.2. The molecule has 0 saturated carbocycles. The molecule has 4 nitrogen and oxygen atoms in total. The number of aromatic amines is 1. The molecule has 1 fully saturated rings. The Kier molecular flexibility index (Phi) is 4.20. The van der Waals surface area contributed by atoms with Crippen LogP contribution in [0.2, 0.25) is 0 Å². The van der Waals surface area contributed by atoms with Crippen LogP contribution in [0.1, 0.15) is 18.4 Å². The molecule has 1 aliphatic rings. The zero-order chi connectivity index (χ0) is 14.7. The zero-order valence-electron chi connectivity index (χ0n) is 11.8. The molecule has 21 heavy (non-hydrogen) atoms. The molecule has 2 aromatic rings. The number of carbonyl (C=O) groups excluding carboxylic acids is 1. The summed E-state index contributed by atoms with van der Waals surface area (Å²) >= 11 is 0. The first-order chi connectivity index (χ1) is 10.2. The molecule has 3 rings (SSSR count). The van der Waals surface area contributed by atoms with Gasteiger partial charge in [0.15, 0.2) is 0 Å². The fraction of sp³-hybridized carbons (Fsp3) is 0.438. The molecular formula is C16H19FN2O2. The summed E-state index contributed by atoms with van der Waals surface area (Å²) < 4.78 is 18.5. The second-order valence-electron chi connectivity index (χ2n) is 5.43. The number of ether oxygens (including phenoxy) is 1. The van der Waals surface area contributed by atoms with Crippen molar-refractivity contribution in [3.8, 4) is 0 Å². The van der Waals surface area contributed by atoms with Crippen molar-refractivity contribution in [1.29, 1.82) is 0 Å². The predicted octanol–water partition coefficient (Wildman–Crippen LogP) is 2.39. The summed E-state index contributed by atoms with van der Waals surface area (Å²) in [5, 5.41) is 3.85. The minimum absolute atomic E-state index is 0.0687. The van der Waals surface area contributed by atoms with Gasteiger partial charge in [-0.1, -0.05) is 0 Å². The predicted molar refractivity (Wildman–Crippen MR) is 78.5 cm³/mol. The third-order valence-corrected chi connectivity index (χ3v) is 4.02. The van der Waals surface area contributed by atoms with Crippen LogP contribution in [0.5, 0.6) is 0 Å². The molecule has 1 amide bonds. The highest BCUT2D eigenvalue weighted by molar-refractivity contribution is 5.83. The smallest absolute Gasteiger partial charge is 0.223 e. The summed E-state index contributed by atoms with van der Waals surface area (Å²) in [5.41, 5.74) is 1.94. The molecule has 5 heteroatoms. The average Bonchev–Trinajstić information content (AvgIpc) is 2.90. The van der Waals surface area contributed by atoms with Gasteiger partial charge in [0.1, 0.15) is 5.82 Å². The van der Waals surface area contributed by atoms with E-state index in [0.717, 1.165) is 29.3 Å². The van der Waals surface area contributed by atoms with Gasteiger partial charge in [-0.25, -0.2) is 4.39 Å². The van der Waals surface area contributed by atoms with Crippen LogP contribution in [0.4, 0.5) is 4.39 Å². The Bertz CT molecular complexity index is 632. The van der Waals surface area contributed by atoms with Gasteiger partial charge in [-0.05, 0) is 43.0 Å². The minimum atomic E-state index is -0.241. The number of rotatable bonds is 4. The van der Waals surface area contributed by atoms with Gasteiger partial charge in [0, 0.05) is 42.8 Å². The van der Waals surface area contributed by atoms with Gasteiger partial charge in [0.05, 0.1) is 0 Å². The van der Waals surface area contributed by atoms with Crippen molar-refractivity contribution in [2.75, 3.05) is 19.8 Å². The minimum Gasteiger partial charge on any atom is -0.381 e. The maximum absolute atomic E-state index is 13.3. The number of halogens is 1. The number of carbonyl (C=O) groups is 1. The number of hydrogen-bond donors (Lipinski definition) is 2. The van der Waals surface area contributed by atoms with E-state index in [1.54, 1.807) is 6.07 Å². The number of H-pyrrole nitrogens is 1. The van der Waals surface area contributed by atoms with E-state index < -0.39 is 0 Å². The summed E-state index contributed by atoms with van der Waals surface area (Å²) in [5.74, 6) is -0.0712. The second kappa shape index (κ2) is 6.26. The summed E-state index contributed by atoms with van der Waals surface area (Å²) in [6.07, 6.45) is 4.16. The molecule has 0 unspecified atom stereocenters. The number of benzene rings is 1. The van der Waals surface area contributed by atoms with Gasteiger partial charge in [-0.3, -0.25) is 4.79 Å². The molecule has 1 saturated heterocycles. The standard InChI is InChI=1S/C16H19FN2O2/c17-13-1-2-15-14(9-13)12(10-19-15)3-6-18-16(20)11-4-7-21-8-5-11/h1-2,9-11,19H,3-8H2,(H,18,20). The van der Waals surface area contributed by atoms with Gasteiger partial charge in [-0.2, -0.15) is 0 Å². The van der Waals surface area contributed by atoms with Gasteiger partial charge in [-0.15, -0.1) is 0 Å². The molecular weight excluding hydrogens is 271 g/mol.